The number of likely N-dealkylation sites (tertiary alicyclic amines) is 1. The predicted molar refractivity (Wildman–Crippen MR) is 90.3 cm³/mol. The van der Waals surface area contributed by atoms with Crippen LogP contribution in [0, 0.1) is 5.92 Å². The summed E-state index contributed by atoms with van der Waals surface area (Å²) in [4.78, 5) is 28.9. The summed E-state index contributed by atoms with van der Waals surface area (Å²) in [5.41, 5.74) is -0.673. The second-order valence-corrected chi connectivity index (χ2v) is 7.25. The van der Waals surface area contributed by atoms with E-state index in [1.54, 1.807) is 10.9 Å². The Morgan fingerprint density at radius 3 is 2.54 bits per heavy atom. The van der Waals surface area contributed by atoms with Crippen molar-refractivity contribution in [1.82, 2.24) is 24.9 Å². The van der Waals surface area contributed by atoms with Crippen LogP contribution < -0.4 is 5.32 Å². The highest BCUT2D eigenvalue weighted by Crippen LogP contribution is 2.32. The van der Waals surface area contributed by atoms with Gasteiger partial charge < -0.3 is 15.1 Å². The number of likely N-dealkylation sites (N-methyl/N-ethyl adjacent to an activating group) is 1. The second-order valence-electron chi connectivity index (χ2n) is 7.25. The third-order valence-electron chi connectivity index (χ3n) is 5.01. The summed E-state index contributed by atoms with van der Waals surface area (Å²) < 4.78 is 1.78. The van der Waals surface area contributed by atoms with Crippen LogP contribution in [-0.2, 0) is 15.1 Å². The molecule has 2 fully saturated rings. The number of carbonyl (C=O) groups excluding carboxylic acids is 2. The molecular formula is C17H27N5O2. The van der Waals surface area contributed by atoms with Crippen LogP contribution in [0.15, 0.2) is 18.5 Å². The van der Waals surface area contributed by atoms with Gasteiger partial charge >= 0.3 is 0 Å². The molecule has 1 aromatic rings. The molecule has 1 saturated carbocycles. The van der Waals surface area contributed by atoms with E-state index in [4.69, 9.17) is 0 Å². The Bertz CT molecular complexity index is 572. The summed E-state index contributed by atoms with van der Waals surface area (Å²) in [6.07, 6.45) is 7.19. The highest BCUT2D eigenvalue weighted by Gasteiger charge is 2.44. The average Bonchev–Trinajstić information content (AvgIpc) is 3.22. The minimum atomic E-state index is -0.673. The van der Waals surface area contributed by atoms with Crippen LogP contribution in [0.3, 0.4) is 0 Å². The molecule has 24 heavy (non-hydrogen) atoms. The van der Waals surface area contributed by atoms with Crippen LogP contribution in [0.2, 0.25) is 0 Å². The maximum Gasteiger partial charge on any atom is 0.248 e. The van der Waals surface area contributed by atoms with Crippen molar-refractivity contribution in [2.45, 2.75) is 31.2 Å². The van der Waals surface area contributed by atoms with Gasteiger partial charge in [-0.2, -0.15) is 5.10 Å². The van der Waals surface area contributed by atoms with Gasteiger partial charge in [-0.25, -0.2) is 0 Å². The van der Waals surface area contributed by atoms with Gasteiger partial charge in [0.05, 0.1) is 6.54 Å². The molecular weight excluding hydrogens is 306 g/mol. The van der Waals surface area contributed by atoms with Crippen LogP contribution in [0.1, 0.15) is 25.7 Å². The number of rotatable bonds is 6. The van der Waals surface area contributed by atoms with Crippen LogP contribution in [0.25, 0.3) is 0 Å². The quantitative estimate of drug-likeness (QED) is 0.812. The molecule has 7 heteroatoms. The van der Waals surface area contributed by atoms with E-state index in [-0.39, 0.29) is 11.8 Å². The summed E-state index contributed by atoms with van der Waals surface area (Å²) in [5.74, 6) is 0.802. The van der Waals surface area contributed by atoms with Crippen molar-refractivity contribution in [3.05, 3.63) is 18.5 Å². The molecule has 0 spiro atoms. The van der Waals surface area contributed by atoms with Gasteiger partial charge in [0.15, 0.2) is 0 Å². The zero-order valence-corrected chi connectivity index (χ0v) is 14.6. The van der Waals surface area contributed by atoms with Gasteiger partial charge in [-0.15, -0.1) is 0 Å². The monoisotopic (exact) mass is 333 g/mol. The Balaban J connectivity index is 1.68. The maximum absolute atomic E-state index is 12.9. The SMILES string of the molecule is CN(C)CC(=O)N1CCC(C(=O)NCC2CC2)(n2cccn2)CC1. The molecule has 1 aliphatic heterocycles. The van der Waals surface area contributed by atoms with E-state index in [2.05, 4.69) is 10.4 Å². The molecule has 0 radical (unpaired) electrons. The summed E-state index contributed by atoms with van der Waals surface area (Å²) in [6.45, 7) is 2.33. The third-order valence-corrected chi connectivity index (χ3v) is 5.01. The number of hydrogen-bond acceptors (Lipinski definition) is 4. The summed E-state index contributed by atoms with van der Waals surface area (Å²) in [7, 11) is 3.78. The lowest BCUT2D eigenvalue weighted by Gasteiger charge is -2.41. The molecule has 0 aromatic carbocycles. The first-order chi connectivity index (χ1) is 11.5. The van der Waals surface area contributed by atoms with Crippen LogP contribution in [0.5, 0.6) is 0 Å². The largest absolute Gasteiger partial charge is 0.354 e. The standard InChI is InChI=1S/C17H27N5O2/c1-20(2)13-15(23)21-10-6-17(7-11-21,22-9-3-8-19-22)16(24)18-12-14-4-5-14/h3,8-9,14H,4-7,10-13H2,1-2H3,(H,18,24). The van der Waals surface area contributed by atoms with E-state index in [1.807, 2.05) is 36.2 Å². The normalized spacial score (nSPS) is 20.2. The Hall–Kier alpha value is -1.89. The predicted octanol–water partition coefficient (Wildman–Crippen LogP) is 0.289. The minimum absolute atomic E-state index is 0.0396. The lowest BCUT2D eigenvalue weighted by molar-refractivity contribution is -0.140. The van der Waals surface area contributed by atoms with Crippen molar-refractivity contribution >= 4 is 11.8 Å². The molecule has 132 valence electrons. The molecule has 7 nitrogen and oxygen atoms in total. The fourth-order valence-electron chi connectivity index (χ4n) is 3.30. The Morgan fingerprint density at radius 1 is 1.29 bits per heavy atom. The minimum Gasteiger partial charge on any atom is -0.354 e. The van der Waals surface area contributed by atoms with Crippen LogP contribution in [0.4, 0.5) is 0 Å². The van der Waals surface area contributed by atoms with E-state index in [0.29, 0.717) is 38.4 Å². The molecule has 0 bridgehead atoms. The van der Waals surface area contributed by atoms with Gasteiger partial charge in [0.2, 0.25) is 11.8 Å². The Morgan fingerprint density at radius 2 is 2.00 bits per heavy atom. The topological polar surface area (TPSA) is 70.5 Å². The van der Waals surface area contributed by atoms with Crippen molar-refractivity contribution in [2.24, 2.45) is 5.92 Å². The Labute approximate surface area is 143 Å². The van der Waals surface area contributed by atoms with E-state index in [0.717, 1.165) is 6.54 Å². The molecule has 1 saturated heterocycles. The lowest BCUT2D eigenvalue weighted by Crippen LogP contribution is -2.57. The van der Waals surface area contributed by atoms with Gasteiger partial charge in [-0.3, -0.25) is 14.3 Å². The molecule has 0 unspecified atom stereocenters. The zero-order chi connectivity index (χ0) is 17.2. The third kappa shape index (κ3) is 3.61. The van der Waals surface area contributed by atoms with Crippen LogP contribution in [-0.4, -0.2) is 71.7 Å². The van der Waals surface area contributed by atoms with Crippen molar-refractivity contribution in [3.8, 4) is 0 Å². The van der Waals surface area contributed by atoms with Crippen molar-refractivity contribution in [1.29, 1.82) is 0 Å². The van der Waals surface area contributed by atoms with E-state index in [9.17, 15) is 9.59 Å². The number of carbonyl (C=O) groups is 2. The number of aromatic nitrogens is 2. The number of amides is 2. The highest BCUT2D eigenvalue weighted by molar-refractivity contribution is 5.85. The zero-order valence-electron chi connectivity index (χ0n) is 14.6. The summed E-state index contributed by atoms with van der Waals surface area (Å²) in [5, 5.41) is 7.45. The van der Waals surface area contributed by atoms with Gasteiger partial charge in [-0.05, 0) is 51.8 Å². The van der Waals surface area contributed by atoms with Gasteiger partial charge in [0.25, 0.3) is 0 Å². The fourth-order valence-corrected chi connectivity index (χ4v) is 3.30. The highest BCUT2D eigenvalue weighted by atomic mass is 16.2. The molecule has 3 rings (SSSR count). The summed E-state index contributed by atoms with van der Waals surface area (Å²) in [6, 6.07) is 1.85. The molecule has 2 aliphatic rings. The van der Waals surface area contributed by atoms with Crippen molar-refractivity contribution in [3.63, 3.8) is 0 Å². The first-order valence-corrected chi connectivity index (χ1v) is 8.72. The first-order valence-electron chi connectivity index (χ1n) is 8.72. The number of nitrogens with zero attached hydrogens (tertiary/aromatic N) is 4. The van der Waals surface area contributed by atoms with Crippen molar-refractivity contribution < 1.29 is 9.59 Å². The average molecular weight is 333 g/mol. The summed E-state index contributed by atoms with van der Waals surface area (Å²) >= 11 is 0. The first kappa shape index (κ1) is 17.0. The molecule has 1 aromatic heterocycles. The molecule has 2 amide bonds. The van der Waals surface area contributed by atoms with E-state index >= 15 is 0 Å². The van der Waals surface area contributed by atoms with Crippen molar-refractivity contribution in [2.75, 3.05) is 40.3 Å². The number of piperidine rings is 1. The molecule has 1 aliphatic carbocycles. The molecule has 1 N–H and O–H groups in total. The molecule has 0 atom stereocenters. The van der Waals surface area contributed by atoms with Crippen LogP contribution >= 0.6 is 0 Å². The van der Waals surface area contributed by atoms with E-state index < -0.39 is 5.54 Å². The van der Waals surface area contributed by atoms with Gasteiger partial charge in [0, 0.05) is 32.0 Å². The van der Waals surface area contributed by atoms with Gasteiger partial charge in [0.1, 0.15) is 5.54 Å². The van der Waals surface area contributed by atoms with E-state index in [1.165, 1.54) is 12.8 Å². The lowest BCUT2D eigenvalue weighted by atomic mass is 9.86. The smallest absolute Gasteiger partial charge is 0.248 e. The fraction of sp³-hybridized carbons (Fsp3) is 0.706. The maximum atomic E-state index is 12.9. The molecule has 2 heterocycles. The van der Waals surface area contributed by atoms with Gasteiger partial charge in [-0.1, -0.05) is 0 Å². The second kappa shape index (κ2) is 6.93. The number of nitrogens with one attached hydrogen (secondary N) is 1. The Kier molecular flexibility index (Phi) is 4.89. The number of hydrogen-bond donors (Lipinski definition) is 1.